The average Bonchev–Trinajstić information content (AvgIpc) is 2.78. The fourth-order valence-electron chi connectivity index (χ4n) is 3.07. The molecule has 2 N–H and O–H groups in total. The molecule has 6 nitrogen and oxygen atoms in total. The van der Waals surface area contributed by atoms with Crippen molar-refractivity contribution in [2.45, 2.75) is 31.3 Å². The summed E-state index contributed by atoms with van der Waals surface area (Å²) < 4.78 is 46.3. The molecule has 0 heterocycles. The second-order valence-electron chi connectivity index (χ2n) is 7.37. The molecular weight excluding hydrogens is 431 g/mol. The Hall–Kier alpha value is -3.23. The van der Waals surface area contributed by atoms with Gasteiger partial charge in [-0.2, -0.15) is 0 Å². The number of ether oxygens (including phenoxy) is 1. The zero-order chi connectivity index (χ0) is 23.1. The number of hydrogen-bond acceptors (Lipinski definition) is 4. The van der Waals surface area contributed by atoms with Crippen molar-refractivity contribution in [3.8, 4) is 5.75 Å². The summed E-state index contributed by atoms with van der Waals surface area (Å²) in [6, 6.07) is 19.3. The third kappa shape index (κ3) is 6.38. The Labute approximate surface area is 187 Å². The lowest BCUT2D eigenvalue weighted by atomic mass is 10.1. The molecule has 0 fully saturated rings. The van der Waals surface area contributed by atoms with Crippen LogP contribution in [0.5, 0.6) is 5.75 Å². The molecule has 0 saturated carbocycles. The maximum absolute atomic E-state index is 13.0. The van der Waals surface area contributed by atoms with E-state index < -0.39 is 10.0 Å². The Morgan fingerprint density at radius 2 is 1.72 bits per heavy atom. The van der Waals surface area contributed by atoms with Crippen LogP contribution in [0.2, 0.25) is 0 Å². The zero-order valence-electron chi connectivity index (χ0n) is 17.8. The molecule has 0 spiro atoms. The van der Waals surface area contributed by atoms with Gasteiger partial charge in [-0.05, 0) is 60.9 Å². The summed E-state index contributed by atoms with van der Waals surface area (Å²) in [5.74, 6) is -0.272. The van der Waals surface area contributed by atoms with Gasteiger partial charge in [0, 0.05) is 6.54 Å². The summed E-state index contributed by atoms with van der Waals surface area (Å²) in [5.41, 5.74) is 2.22. The molecule has 8 heteroatoms. The van der Waals surface area contributed by atoms with E-state index in [9.17, 15) is 17.6 Å². The monoisotopic (exact) mass is 456 g/mol. The molecule has 3 rings (SSSR count). The number of nitrogens with one attached hydrogen (secondary N) is 2. The predicted molar refractivity (Wildman–Crippen MR) is 120 cm³/mol. The van der Waals surface area contributed by atoms with E-state index in [1.54, 1.807) is 26.0 Å². The van der Waals surface area contributed by atoms with E-state index in [4.69, 9.17) is 4.74 Å². The Bertz CT molecular complexity index is 1170. The van der Waals surface area contributed by atoms with Gasteiger partial charge in [0.25, 0.3) is 5.91 Å². The summed E-state index contributed by atoms with van der Waals surface area (Å²) in [6.45, 7) is 3.46. The van der Waals surface area contributed by atoms with Crippen molar-refractivity contribution < 1.29 is 22.3 Å². The van der Waals surface area contributed by atoms with Crippen molar-refractivity contribution in [3.05, 3.63) is 95.3 Å². The number of carbonyl (C=O) groups excluding carboxylic acids is 1. The topological polar surface area (TPSA) is 84.5 Å². The van der Waals surface area contributed by atoms with E-state index in [2.05, 4.69) is 10.0 Å². The first-order chi connectivity index (χ1) is 15.2. The Morgan fingerprint density at radius 3 is 2.38 bits per heavy atom. The second kappa shape index (κ2) is 10.4. The summed E-state index contributed by atoms with van der Waals surface area (Å²) in [4.78, 5) is 12.3. The third-order valence-corrected chi connectivity index (χ3v) is 6.27. The molecular formula is C24H25FN2O4S. The van der Waals surface area contributed by atoms with Crippen molar-refractivity contribution in [3.63, 3.8) is 0 Å². The Kier molecular flexibility index (Phi) is 7.61. The lowest BCUT2D eigenvalue weighted by molar-refractivity contribution is -0.123. The molecule has 0 aliphatic carbocycles. The van der Waals surface area contributed by atoms with Gasteiger partial charge in [-0.1, -0.05) is 42.5 Å². The molecule has 3 aromatic carbocycles. The Balaban J connectivity index is 1.56. The third-order valence-electron chi connectivity index (χ3n) is 4.87. The molecule has 168 valence electrons. The highest BCUT2D eigenvalue weighted by atomic mass is 32.2. The molecule has 0 saturated heterocycles. The van der Waals surface area contributed by atoms with Crippen molar-refractivity contribution in [1.29, 1.82) is 0 Å². The number of halogens is 1. The van der Waals surface area contributed by atoms with Crippen LogP contribution < -0.4 is 14.8 Å². The first-order valence-corrected chi connectivity index (χ1v) is 11.5. The minimum atomic E-state index is -3.69. The fourth-order valence-corrected chi connectivity index (χ4v) is 4.17. The van der Waals surface area contributed by atoms with Gasteiger partial charge in [-0.25, -0.2) is 17.5 Å². The molecule has 0 unspecified atom stereocenters. The summed E-state index contributed by atoms with van der Waals surface area (Å²) in [7, 11) is -3.69. The highest BCUT2D eigenvalue weighted by molar-refractivity contribution is 7.89. The molecule has 32 heavy (non-hydrogen) atoms. The van der Waals surface area contributed by atoms with Gasteiger partial charge in [0.2, 0.25) is 10.0 Å². The first kappa shape index (κ1) is 23.4. The van der Waals surface area contributed by atoms with Crippen molar-refractivity contribution in [2.24, 2.45) is 0 Å². The van der Waals surface area contributed by atoms with Gasteiger partial charge < -0.3 is 10.1 Å². The number of sulfonamides is 1. The molecule has 1 amide bonds. The molecule has 0 radical (unpaired) electrons. The van der Waals surface area contributed by atoms with Gasteiger partial charge in [0.1, 0.15) is 11.6 Å². The number of hydrogen-bond donors (Lipinski definition) is 2. The maximum atomic E-state index is 13.0. The van der Waals surface area contributed by atoms with E-state index >= 15 is 0 Å². The van der Waals surface area contributed by atoms with Gasteiger partial charge in [0.05, 0.1) is 10.9 Å². The number of carbonyl (C=O) groups is 1. The van der Waals surface area contributed by atoms with Crippen LogP contribution in [0.15, 0.2) is 77.7 Å². The standard InChI is InChI=1S/C24H25FN2O4S/c1-17-14-22(32(29,30)26-15-19-6-4-3-5-7-19)12-13-23(17)31-16-24(28)27-18(2)20-8-10-21(25)11-9-20/h3-14,18,26H,15-16H2,1-2H3,(H,27,28)/t18-/m1/s1. The molecule has 0 bridgehead atoms. The van der Waals surface area contributed by atoms with Gasteiger partial charge in [0.15, 0.2) is 6.61 Å². The number of amides is 1. The minimum absolute atomic E-state index is 0.118. The van der Waals surface area contributed by atoms with Crippen LogP contribution in [-0.4, -0.2) is 20.9 Å². The van der Waals surface area contributed by atoms with Crippen molar-refractivity contribution in [2.75, 3.05) is 6.61 Å². The van der Waals surface area contributed by atoms with Crippen molar-refractivity contribution in [1.82, 2.24) is 10.0 Å². The van der Waals surface area contributed by atoms with Crippen LogP contribution in [0.4, 0.5) is 4.39 Å². The SMILES string of the molecule is Cc1cc(S(=O)(=O)NCc2ccccc2)ccc1OCC(=O)N[C@H](C)c1ccc(F)cc1. The first-order valence-electron chi connectivity index (χ1n) is 10.1. The van der Waals surface area contributed by atoms with Crippen molar-refractivity contribution >= 4 is 15.9 Å². The molecule has 1 atom stereocenters. The fraction of sp³-hybridized carbons (Fsp3) is 0.208. The molecule has 0 aromatic heterocycles. The normalized spacial score (nSPS) is 12.2. The summed E-state index contributed by atoms with van der Waals surface area (Å²) in [6.07, 6.45) is 0. The molecule has 3 aromatic rings. The summed E-state index contributed by atoms with van der Waals surface area (Å²) >= 11 is 0. The van der Waals surface area contributed by atoms with Crippen LogP contribution in [0.1, 0.15) is 29.7 Å². The minimum Gasteiger partial charge on any atom is -0.484 e. The summed E-state index contributed by atoms with van der Waals surface area (Å²) in [5, 5.41) is 2.78. The van der Waals surface area contributed by atoms with Gasteiger partial charge in [-0.15, -0.1) is 0 Å². The highest BCUT2D eigenvalue weighted by Crippen LogP contribution is 2.22. The molecule has 0 aliphatic heterocycles. The Morgan fingerprint density at radius 1 is 1.03 bits per heavy atom. The quantitative estimate of drug-likeness (QED) is 0.512. The number of benzene rings is 3. The van der Waals surface area contributed by atoms with Crippen LogP contribution >= 0.6 is 0 Å². The van der Waals surface area contributed by atoms with Crippen LogP contribution in [-0.2, 0) is 21.4 Å². The number of aryl methyl sites for hydroxylation is 1. The maximum Gasteiger partial charge on any atom is 0.258 e. The van der Waals surface area contributed by atoms with Crippen LogP contribution in [0, 0.1) is 12.7 Å². The highest BCUT2D eigenvalue weighted by Gasteiger charge is 2.16. The van der Waals surface area contributed by atoms with E-state index in [-0.39, 0.29) is 35.8 Å². The van der Waals surface area contributed by atoms with E-state index in [0.717, 1.165) is 11.1 Å². The largest absolute Gasteiger partial charge is 0.484 e. The van der Waals surface area contributed by atoms with Crippen LogP contribution in [0.3, 0.4) is 0 Å². The second-order valence-corrected chi connectivity index (χ2v) is 9.13. The zero-order valence-corrected chi connectivity index (χ0v) is 18.7. The van der Waals surface area contributed by atoms with E-state index in [1.807, 2.05) is 30.3 Å². The molecule has 0 aliphatic rings. The predicted octanol–water partition coefficient (Wildman–Crippen LogP) is 3.87. The van der Waals surface area contributed by atoms with Crippen LogP contribution in [0.25, 0.3) is 0 Å². The van der Waals surface area contributed by atoms with Gasteiger partial charge >= 0.3 is 0 Å². The number of rotatable bonds is 9. The van der Waals surface area contributed by atoms with E-state index in [0.29, 0.717) is 11.3 Å². The smallest absolute Gasteiger partial charge is 0.258 e. The average molecular weight is 457 g/mol. The van der Waals surface area contributed by atoms with Gasteiger partial charge in [-0.3, -0.25) is 4.79 Å². The van der Waals surface area contributed by atoms with E-state index in [1.165, 1.54) is 30.3 Å². The lowest BCUT2D eigenvalue weighted by Crippen LogP contribution is -2.31. The lowest BCUT2D eigenvalue weighted by Gasteiger charge is -2.15.